The van der Waals surface area contributed by atoms with E-state index in [4.69, 9.17) is 0 Å². The average molecular weight is 114 g/mol. The second-order valence-electron chi connectivity index (χ2n) is 0.895. The van der Waals surface area contributed by atoms with Crippen LogP contribution in [-0.4, -0.2) is 17.7 Å². The normalized spacial score (nSPS) is 15.7. The molecule has 0 unspecified atom stereocenters. The van der Waals surface area contributed by atoms with E-state index >= 15 is 0 Å². The van der Waals surface area contributed by atoms with Crippen molar-refractivity contribution in [3.63, 3.8) is 0 Å². The monoisotopic (exact) mass is 114 g/mol. The highest BCUT2D eigenvalue weighted by Crippen LogP contribution is 1.78. The summed E-state index contributed by atoms with van der Waals surface area (Å²) in [7, 11) is 0. The van der Waals surface area contributed by atoms with Crippen LogP contribution in [0.2, 0.25) is 0 Å². The van der Waals surface area contributed by atoms with Crippen LogP contribution in [0.1, 0.15) is 0 Å². The molecule has 0 saturated carbocycles. The van der Waals surface area contributed by atoms with E-state index in [1.54, 1.807) is 0 Å². The molecule has 1 heterocycles. The lowest BCUT2D eigenvalue weighted by atomic mass is 10.8. The first kappa shape index (κ1) is 4.39. The van der Waals surface area contributed by atoms with Gasteiger partial charge in [0.1, 0.15) is 5.10 Å². The minimum absolute atomic E-state index is 0.384. The Morgan fingerprint density at radius 2 is 2.86 bits per heavy atom. The van der Waals surface area contributed by atoms with Gasteiger partial charge in [0, 0.05) is 0 Å². The number of nitrogens with zero attached hydrogens (tertiary/aromatic N) is 2. The number of hydrogen-bond donors (Lipinski definition) is 0. The van der Waals surface area contributed by atoms with Gasteiger partial charge in [-0.25, -0.2) is 0 Å². The zero-order chi connectivity index (χ0) is 5.11. The predicted octanol–water partition coefficient (Wildman–Crippen LogP) is -0.306. The van der Waals surface area contributed by atoms with Gasteiger partial charge < -0.3 is 4.74 Å². The summed E-state index contributed by atoms with van der Waals surface area (Å²) in [5, 5.41) is 8.16. The standard InChI is InChI=1S/C3H2N2OS/c7-1-3-5-4-2-6-3/h1-2H/q+1. The van der Waals surface area contributed by atoms with Crippen molar-refractivity contribution >= 4 is 29.9 Å². The molecule has 0 amide bonds. The Morgan fingerprint density at radius 3 is 3.14 bits per heavy atom. The van der Waals surface area contributed by atoms with Crippen molar-refractivity contribution < 1.29 is 4.74 Å². The van der Waals surface area contributed by atoms with Gasteiger partial charge in [0.25, 0.3) is 0 Å². The largest absolute Gasteiger partial charge is 0.441 e. The highest BCUT2D eigenvalue weighted by molar-refractivity contribution is 7.80. The molecule has 1 aliphatic rings. The lowest BCUT2D eigenvalue weighted by Gasteiger charge is -1.74. The Hall–Kier alpha value is -0.770. The molecule has 4 heteroatoms. The van der Waals surface area contributed by atoms with Gasteiger partial charge in [0.15, 0.2) is 0 Å². The maximum absolute atomic E-state index is 4.60. The molecule has 7 heavy (non-hydrogen) atoms. The quantitative estimate of drug-likeness (QED) is 0.438. The average Bonchev–Trinajstić information content (AvgIpc) is 2.14. The minimum Gasteiger partial charge on any atom is -0.378 e. The molecule has 0 aromatic carbocycles. The molecule has 0 bridgehead atoms. The summed E-state index contributed by atoms with van der Waals surface area (Å²) in [6.45, 7) is 0. The zero-order valence-corrected chi connectivity index (χ0v) is 4.18. The van der Waals surface area contributed by atoms with Gasteiger partial charge in [-0.05, 0) is 0 Å². The van der Waals surface area contributed by atoms with Crippen molar-refractivity contribution in [2.24, 2.45) is 5.10 Å². The molecule has 1 aliphatic heterocycles. The van der Waals surface area contributed by atoms with Crippen LogP contribution in [0.5, 0.6) is 0 Å². The van der Waals surface area contributed by atoms with Crippen molar-refractivity contribution in [2.75, 3.05) is 0 Å². The van der Waals surface area contributed by atoms with Crippen LogP contribution in [0.25, 0.3) is 0 Å². The lowest BCUT2D eigenvalue weighted by molar-refractivity contribution is 0.598. The lowest BCUT2D eigenvalue weighted by Crippen LogP contribution is -1.96. The summed E-state index contributed by atoms with van der Waals surface area (Å²) in [5.41, 5.74) is 0. The van der Waals surface area contributed by atoms with Crippen molar-refractivity contribution in [3.05, 3.63) is 0 Å². The Labute approximate surface area is 45.7 Å². The number of rotatable bonds is 1. The molecule has 35 valence electrons. The predicted molar refractivity (Wildman–Crippen MR) is 30.4 cm³/mol. The van der Waals surface area contributed by atoms with Crippen molar-refractivity contribution in [1.29, 1.82) is 0 Å². The molecule has 0 saturated heterocycles. The van der Waals surface area contributed by atoms with Crippen molar-refractivity contribution in [3.8, 4) is 0 Å². The summed E-state index contributed by atoms with van der Waals surface area (Å²) in [5.74, 6) is 0.384. The molecule has 3 nitrogen and oxygen atoms in total. The molecule has 0 atom stereocenters. The summed E-state index contributed by atoms with van der Waals surface area (Å²) in [6, 6.07) is 0. The third-order valence-corrected chi connectivity index (χ3v) is 0.679. The maximum Gasteiger partial charge on any atom is 0.441 e. The van der Waals surface area contributed by atoms with Crippen LogP contribution in [0.15, 0.2) is 5.10 Å². The Bertz CT molecular complexity index is 140. The van der Waals surface area contributed by atoms with Crippen LogP contribution in [0.4, 0.5) is 0 Å². The molecule has 1 rings (SSSR count). The van der Waals surface area contributed by atoms with E-state index in [9.17, 15) is 0 Å². The van der Waals surface area contributed by atoms with Crippen molar-refractivity contribution in [2.45, 2.75) is 0 Å². The summed E-state index contributed by atoms with van der Waals surface area (Å²) >= 11 is 4.45. The van der Waals surface area contributed by atoms with Crippen molar-refractivity contribution in [1.82, 2.24) is 5.10 Å². The van der Waals surface area contributed by atoms with Gasteiger partial charge >= 0.3 is 12.3 Å². The van der Waals surface area contributed by atoms with Crippen LogP contribution in [0, 0.1) is 0 Å². The Morgan fingerprint density at radius 1 is 2.00 bits per heavy atom. The van der Waals surface area contributed by atoms with Crippen LogP contribution in [0.3, 0.4) is 0 Å². The number of ether oxygens (including phenoxy) is 1. The van der Waals surface area contributed by atoms with Gasteiger partial charge in [-0.2, -0.15) is 0 Å². The van der Waals surface area contributed by atoms with Crippen LogP contribution < -0.4 is 5.10 Å². The van der Waals surface area contributed by atoms with Gasteiger partial charge in [-0.1, -0.05) is 12.2 Å². The highest BCUT2D eigenvalue weighted by atomic mass is 32.1. The Balaban J connectivity index is 2.61. The first-order chi connectivity index (χ1) is 3.43. The summed E-state index contributed by atoms with van der Waals surface area (Å²) < 4.78 is 4.60. The Kier molecular flexibility index (Phi) is 1.12. The SMILES string of the molecule is S=CC1=N[N+]=CO1. The van der Waals surface area contributed by atoms with E-state index in [0.29, 0.717) is 5.90 Å². The number of hydrogen-bond acceptors (Lipinski definition) is 4. The van der Waals surface area contributed by atoms with Crippen LogP contribution in [-0.2, 0) is 4.74 Å². The van der Waals surface area contributed by atoms with Gasteiger partial charge in [-0.3, -0.25) is 0 Å². The molecular weight excluding hydrogens is 112 g/mol. The maximum atomic E-state index is 4.60. The first-order valence-electron chi connectivity index (χ1n) is 1.65. The van der Waals surface area contributed by atoms with E-state index in [2.05, 4.69) is 27.2 Å². The third kappa shape index (κ3) is 0.806. The topological polar surface area (TPSA) is 35.7 Å². The molecule has 0 fully saturated rings. The van der Waals surface area contributed by atoms with E-state index in [0.717, 1.165) is 0 Å². The first-order valence-corrected chi connectivity index (χ1v) is 2.12. The van der Waals surface area contributed by atoms with E-state index in [1.165, 1.54) is 11.8 Å². The second kappa shape index (κ2) is 1.79. The molecule has 1 radical (unpaired) electrons. The fourth-order valence-electron chi connectivity index (χ4n) is 0.233. The molecule has 0 aliphatic carbocycles. The molecule has 0 spiro atoms. The van der Waals surface area contributed by atoms with Crippen LogP contribution >= 0.6 is 12.2 Å². The molecule has 0 N–H and O–H groups in total. The van der Waals surface area contributed by atoms with Gasteiger partial charge in [0.05, 0.1) is 5.37 Å². The third-order valence-electron chi connectivity index (χ3n) is 0.478. The van der Waals surface area contributed by atoms with Gasteiger partial charge in [-0.15, -0.1) is 0 Å². The summed E-state index contributed by atoms with van der Waals surface area (Å²) in [4.78, 5) is 0. The molecular formula is C3H2N2OS+. The van der Waals surface area contributed by atoms with Gasteiger partial charge in [0.2, 0.25) is 5.10 Å². The second-order valence-corrected chi connectivity index (χ2v) is 1.13. The highest BCUT2D eigenvalue weighted by Gasteiger charge is 2.07. The fraction of sp³-hybridized carbons (Fsp3) is 0. The smallest absolute Gasteiger partial charge is 0.378 e. The zero-order valence-electron chi connectivity index (χ0n) is 3.37. The molecule has 0 aromatic heterocycles. The number of thiocarbonyl (C=S) groups is 1. The summed E-state index contributed by atoms with van der Waals surface area (Å²) in [6.07, 6.45) is 1.23. The molecule has 0 aromatic rings. The van der Waals surface area contributed by atoms with E-state index in [-0.39, 0.29) is 0 Å². The fourth-order valence-corrected chi connectivity index (χ4v) is 0.336. The van der Waals surface area contributed by atoms with E-state index < -0.39 is 0 Å². The minimum atomic E-state index is 0.384. The van der Waals surface area contributed by atoms with E-state index in [1.807, 2.05) is 0 Å².